The molecule has 1 fully saturated rings. The van der Waals surface area contributed by atoms with E-state index in [0.717, 1.165) is 24.9 Å². The molecule has 0 aliphatic carbocycles. The van der Waals surface area contributed by atoms with Crippen molar-refractivity contribution in [3.63, 3.8) is 0 Å². The summed E-state index contributed by atoms with van der Waals surface area (Å²) >= 11 is 0. The van der Waals surface area contributed by atoms with E-state index >= 15 is 0 Å². The van der Waals surface area contributed by atoms with E-state index in [-0.39, 0.29) is 6.04 Å². The summed E-state index contributed by atoms with van der Waals surface area (Å²) in [6.45, 7) is 9.04. The van der Waals surface area contributed by atoms with Gasteiger partial charge >= 0.3 is 0 Å². The normalized spacial score (nSPS) is 27.1. The lowest BCUT2D eigenvalue weighted by atomic mass is 10.0. The molecule has 3 atom stereocenters. The number of hydrogen-bond acceptors (Lipinski definition) is 2. The second-order valence-electron chi connectivity index (χ2n) is 5.21. The van der Waals surface area contributed by atoms with E-state index in [9.17, 15) is 0 Å². The molecular formula is C14H22N2. The Labute approximate surface area is 98.4 Å². The van der Waals surface area contributed by atoms with Crippen LogP contribution < -0.4 is 10.6 Å². The number of hydrogen-bond donors (Lipinski definition) is 1. The molecule has 1 saturated heterocycles. The number of anilines is 1. The maximum atomic E-state index is 6.02. The monoisotopic (exact) mass is 218 g/mol. The summed E-state index contributed by atoms with van der Waals surface area (Å²) in [4.78, 5) is 2.48. The quantitative estimate of drug-likeness (QED) is 0.827. The molecule has 1 aromatic carbocycles. The number of para-hydroxylation sites is 1. The van der Waals surface area contributed by atoms with Gasteiger partial charge in [0.25, 0.3) is 0 Å². The van der Waals surface area contributed by atoms with E-state index < -0.39 is 0 Å². The van der Waals surface area contributed by atoms with Gasteiger partial charge in [-0.3, -0.25) is 0 Å². The van der Waals surface area contributed by atoms with Crippen molar-refractivity contribution in [1.29, 1.82) is 0 Å². The van der Waals surface area contributed by atoms with Gasteiger partial charge < -0.3 is 10.6 Å². The van der Waals surface area contributed by atoms with E-state index in [1.807, 2.05) is 0 Å². The van der Waals surface area contributed by atoms with Crippen LogP contribution >= 0.6 is 0 Å². The Morgan fingerprint density at radius 3 is 2.31 bits per heavy atom. The SMILES string of the molecule is CC1CN(c2ccccc2[C@H](C)N)CC1C. The third-order valence-electron chi connectivity index (χ3n) is 3.76. The van der Waals surface area contributed by atoms with Gasteiger partial charge in [0.1, 0.15) is 0 Å². The first-order valence-electron chi connectivity index (χ1n) is 6.19. The molecule has 0 saturated carbocycles. The predicted octanol–water partition coefficient (Wildman–Crippen LogP) is 2.80. The van der Waals surface area contributed by atoms with Crippen molar-refractivity contribution < 1.29 is 0 Å². The van der Waals surface area contributed by atoms with Crippen molar-refractivity contribution >= 4 is 5.69 Å². The molecule has 0 spiro atoms. The minimum atomic E-state index is 0.113. The van der Waals surface area contributed by atoms with Crippen molar-refractivity contribution in [3.8, 4) is 0 Å². The molecule has 0 aromatic heterocycles. The molecular weight excluding hydrogens is 196 g/mol. The van der Waals surface area contributed by atoms with Crippen molar-refractivity contribution in [1.82, 2.24) is 0 Å². The third kappa shape index (κ3) is 2.07. The van der Waals surface area contributed by atoms with Crippen LogP contribution in [0.5, 0.6) is 0 Å². The summed E-state index contributed by atoms with van der Waals surface area (Å²) in [6.07, 6.45) is 0. The van der Waals surface area contributed by atoms with Gasteiger partial charge in [-0.05, 0) is 30.4 Å². The average molecular weight is 218 g/mol. The van der Waals surface area contributed by atoms with Crippen LogP contribution in [0.15, 0.2) is 24.3 Å². The summed E-state index contributed by atoms with van der Waals surface area (Å²) in [5, 5.41) is 0. The molecule has 1 heterocycles. The smallest absolute Gasteiger partial charge is 0.0414 e. The highest BCUT2D eigenvalue weighted by molar-refractivity contribution is 5.55. The first kappa shape index (κ1) is 11.5. The highest BCUT2D eigenvalue weighted by atomic mass is 15.2. The van der Waals surface area contributed by atoms with E-state index in [1.165, 1.54) is 11.3 Å². The van der Waals surface area contributed by atoms with Gasteiger partial charge in [-0.1, -0.05) is 32.0 Å². The second-order valence-corrected chi connectivity index (χ2v) is 5.21. The van der Waals surface area contributed by atoms with Gasteiger partial charge in [0, 0.05) is 24.8 Å². The highest BCUT2D eigenvalue weighted by Crippen LogP contribution is 2.31. The molecule has 16 heavy (non-hydrogen) atoms. The molecule has 88 valence electrons. The van der Waals surface area contributed by atoms with Crippen molar-refractivity contribution in [3.05, 3.63) is 29.8 Å². The lowest BCUT2D eigenvalue weighted by molar-refractivity contribution is 0.494. The Kier molecular flexibility index (Phi) is 3.20. The molecule has 2 unspecified atom stereocenters. The highest BCUT2D eigenvalue weighted by Gasteiger charge is 2.27. The second kappa shape index (κ2) is 4.46. The van der Waals surface area contributed by atoms with Crippen LogP contribution in [0.4, 0.5) is 5.69 Å². The molecule has 2 nitrogen and oxygen atoms in total. The van der Waals surface area contributed by atoms with Gasteiger partial charge in [0.15, 0.2) is 0 Å². The molecule has 1 aromatic rings. The van der Waals surface area contributed by atoms with Crippen LogP contribution in [0.25, 0.3) is 0 Å². The van der Waals surface area contributed by atoms with E-state index in [4.69, 9.17) is 5.73 Å². The zero-order valence-corrected chi connectivity index (χ0v) is 10.5. The third-order valence-corrected chi connectivity index (χ3v) is 3.76. The van der Waals surface area contributed by atoms with Gasteiger partial charge in [-0.25, -0.2) is 0 Å². The van der Waals surface area contributed by atoms with Crippen molar-refractivity contribution in [2.75, 3.05) is 18.0 Å². The van der Waals surface area contributed by atoms with E-state index in [2.05, 4.69) is 49.9 Å². The topological polar surface area (TPSA) is 29.3 Å². The fourth-order valence-corrected chi connectivity index (χ4v) is 2.49. The summed E-state index contributed by atoms with van der Waals surface area (Å²) in [5.41, 5.74) is 8.62. The lowest BCUT2D eigenvalue weighted by Crippen LogP contribution is -2.22. The maximum absolute atomic E-state index is 6.02. The number of benzene rings is 1. The standard InChI is InChI=1S/C14H22N2/c1-10-8-16(9-11(10)2)14-7-5-4-6-13(14)12(3)15/h4-7,10-12H,8-9,15H2,1-3H3/t10?,11?,12-/m0/s1. The fraction of sp³-hybridized carbons (Fsp3) is 0.571. The first-order chi connectivity index (χ1) is 7.59. The van der Waals surface area contributed by atoms with Gasteiger partial charge in [0.2, 0.25) is 0 Å². The average Bonchev–Trinajstić information content (AvgIpc) is 2.59. The van der Waals surface area contributed by atoms with E-state index in [1.54, 1.807) is 0 Å². The number of nitrogens with zero attached hydrogens (tertiary/aromatic N) is 1. The Hall–Kier alpha value is -1.02. The Morgan fingerprint density at radius 2 is 1.75 bits per heavy atom. The van der Waals surface area contributed by atoms with Crippen LogP contribution in [-0.4, -0.2) is 13.1 Å². The summed E-state index contributed by atoms with van der Waals surface area (Å²) in [6, 6.07) is 8.64. The van der Waals surface area contributed by atoms with Crippen LogP contribution in [-0.2, 0) is 0 Å². The molecule has 2 rings (SSSR count). The fourth-order valence-electron chi connectivity index (χ4n) is 2.49. The molecule has 2 heteroatoms. The molecule has 0 amide bonds. The van der Waals surface area contributed by atoms with Gasteiger partial charge in [-0.15, -0.1) is 0 Å². The minimum Gasteiger partial charge on any atom is -0.371 e. The summed E-state index contributed by atoms with van der Waals surface area (Å²) in [7, 11) is 0. The van der Waals surface area contributed by atoms with Gasteiger partial charge in [-0.2, -0.15) is 0 Å². The molecule has 2 N–H and O–H groups in total. The molecule has 1 aliphatic heterocycles. The lowest BCUT2D eigenvalue weighted by Gasteiger charge is -2.23. The molecule has 1 aliphatic rings. The van der Waals surface area contributed by atoms with Crippen LogP contribution in [0.3, 0.4) is 0 Å². The number of nitrogens with two attached hydrogens (primary N) is 1. The largest absolute Gasteiger partial charge is 0.371 e. The van der Waals surface area contributed by atoms with Gasteiger partial charge in [0.05, 0.1) is 0 Å². The van der Waals surface area contributed by atoms with Crippen molar-refractivity contribution in [2.45, 2.75) is 26.8 Å². The zero-order valence-electron chi connectivity index (χ0n) is 10.5. The zero-order chi connectivity index (χ0) is 11.7. The van der Waals surface area contributed by atoms with Crippen LogP contribution in [0, 0.1) is 11.8 Å². The molecule has 0 radical (unpaired) electrons. The maximum Gasteiger partial charge on any atom is 0.0414 e. The van der Waals surface area contributed by atoms with Crippen LogP contribution in [0.1, 0.15) is 32.4 Å². The van der Waals surface area contributed by atoms with Crippen molar-refractivity contribution in [2.24, 2.45) is 17.6 Å². The summed E-state index contributed by atoms with van der Waals surface area (Å²) < 4.78 is 0. The Bertz CT molecular complexity index is 350. The number of rotatable bonds is 2. The minimum absolute atomic E-state index is 0.113. The van der Waals surface area contributed by atoms with Crippen LogP contribution in [0.2, 0.25) is 0 Å². The summed E-state index contributed by atoms with van der Waals surface area (Å²) in [5.74, 6) is 1.56. The van der Waals surface area contributed by atoms with E-state index in [0.29, 0.717) is 0 Å². The first-order valence-corrected chi connectivity index (χ1v) is 6.19. The Morgan fingerprint density at radius 1 is 1.19 bits per heavy atom. The molecule has 0 bridgehead atoms. The predicted molar refractivity (Wildman–Crippen MR) is 69.6 cm³/mol. The Balaban J connectivity index is 2.27.